The molecule has 0 amide bonds. The van der Waals surface area contributed by atoms with Gasteiger partial charge in [-0.2, -0.15) is 0 Å². The summed E-state index contributed by atoms with van der Waals surface area (Å²) in [5.74, 6) is -0.149. The maximum absolute atomic E-state index is 13.3. The van der Waals surface area contributed by atoms with Crippen molar-refractivity contribution in [2.24, 2.45) is 0 Å². The summed E-state index contributed by atoms with van der Waals surface area (Å²) in [6.45, 7) is 3.67. The van der Waals surface area contributed by atoms with Crippen molar-refractivity contribution in [3.05, 3.63) is 42.2 Å². The molecule has 3 heteroatoms. The first kappa shape index (κ1) is 9.34. The standard InChI is InChI=1S/C11H10FNS/c1-2-4-8-7-5-3-6-9(12)10(7)13-11(8)14/h2-3,5-6,8H,1,4H2,(H,13,14). The van der Waals surface area contributed by atoms with Crippen LogP contribution in [0.3, 0.4) is 0 Å². The molecule has 14 heavy (non-hydrogen) atoms. The highest BCUT2D eigenvalue weighted by molar-refractivity contribution is 7.80. The predicted molar refractivity (Wildman–Crippen MR) is 60.2 cm³/mol. The van der Waals surface area contributed by atoms with Gasteiger partial charge in [-0.1, -0.05) is 30.4 Å². The van der Waals surface area contributed by atoms with E-state index in [-0.39, 0.29) is 11.7 Å². The van der Waals surface area contributed by atoms with Gasteiger partial charge in [-0.15, -0.1) is 6.58 Å². The summed E-state index contributed by atoms with van der Waals surface area (Å²) < 4.78 is 13.3. The van der Waals surface area contributed by atoms with Crippen LogP contribution in [0.5, 0.6) is 0 Å². The van der Waals surface area contributed by atoms with Gasteiger partial charge in [-0.25, -0.2) is 4.39 Å². The van der Waals surface area contributed by atoms with Gasteiger partial charge < -0.3 is 5.32 Å². The lowest BCUT2D eigenvalue weighted by molar-refractivity contribution is 0.631. The van der Waals surface area contributed by atoms with Crippen LogP contribution in [0.1, 0.15) is 17.9 Å². The van der Waals surface area contributed by atoms with E-state index in [1.165, 1.54) is 6.07 Å². The van der Waals surface area contributed by atoms with E-state index in [0.717, 1.165) is 12.0 Å². The van der Waals surface area contributed by atoms with Gasteiger partial charge in [-0.3, -0.25) is 0 Å². The molecular formula is C11H10FNS. The van der Waals surface area contributed by atoms with E-state index in [9.17, 15) is 4.39 Å². The summed E-state index contributed by atoms with van der Waals surface area (Å²) in [6, 6.07) is 5.05. The van der Waals surface area contributed by atoms with Crippen LogP contribution in [0.4, 0.5) is 10.1 Å². The Morgan fingerprint density at radius 3 is 3.07 bits per heavy atom. The summed E-state index contributed by atoms with van der Waals surface area (Å²) in [5, 5.41) is 2.91. The Bertz CT molecular complexity index is 400. The van der Waals surface area contributed by atoms with E-state index < -0.39 is 0 Å². The van der Waals surface area contributed by atoms with E-state index in [2.05, 4.69) is 11.9 Å². The van der Waals surface area contributed by atoms with Crippen LogP contribution in [-0.4, -0.2) is 4.99 Å². The quantitative estimate of drug-likeness (QED) is 0.590. The topological polar surface area (TPSA) is 12.0 Å². The van der Waals surface area contributed by atoms with Crippen molar-refractivity contribution in [3.63, 3.8) is 0 Å². The van der Waals surface area contributed by atoms with Gasteiger partial charge in [0.1, 0.15) is 5.82 Å². The van der Waals surface area contributed by atoms with Crippen molar-refractivity contribution < 1.29 is 4.39 Å². The maximum atomic E-state index is 13.3. The second kappa shape index (κ2) is 3.50. The SMILES string of the molecule is C=CCC1C(=S)Nc2c(F)cccc21. The van der Waals surface area contributed by atoms with Crippen LogP contribution >= 0.6 is 12.2 Å². The molecule has 0 saturated heterocycles. The first-order chi connectivity index (χ1) is 6.74. The minimum absolute atomic E-state index is 0.0909. The molecule has 0 aromatic heterocycles. The predicted octanol–water partition coefficient (Wildman–Crippen LogP) is 3.24. The fourth-order valence-electron chi connectivity index (χ4n) is 1.72. The molecule has 1 aromatic rings. The van der Waals surface area contributed by atoms with Crippen molar-refractivity contribution in [1.29, 1.82) is 0 Å². The maximum Gasteiger partial charge on any atom is 0.146 e. The van der Waals surface area contributed by atoms with Gasteiger partial charge in [0.2, 0.25) is 0 Å². The number of fused-ring (bicyclic) bond motifs is 1. The number of anilines is 1. The van der Waals surface area contributed by atoms with E-state index in [1.807, 2.05) is 6.07 Å². The average Bonchev–Trinajstić information content (AvgIpc) is 2.47. The van der Waals surface area contributed by atoms with Gasteiger partial charge in [0.05, 0.1) is 10.7 Å². The Hall–Kier alpha value is -1.22. The van der Waals surface area contributed by atoms with E-state index >= 15 is 0 Å². The molecule has 1 heterocycles. The van der Waals surface area contributed by atoms with Crippen molar-refractivity contribution in [3.8, 4) is 0 Å². The van der Waals surface area contributed by atoms with Crippen LogP contribution in [0.2, 0.25) is 0 Å². The summed E-state index contributed by atoms with van der Waals surface area (Å²) in [4.78, 5) is 0.685. The molecule has 1 nitrogen and oxygen atoms in total. The van der Waals surface area contributed by atoms with Gasteiger partial charge in [0, 0.05) is 5.92 Å². The molecule has 2 rings (SSSR count). The third kappa shape index (κ3) is 1.34. The number of allylic oxidation sites excluding steroid dienone is 1. The lowest BCUT2D eigenvalue weighted by Crippen LogP contribution is -2.08. The Morgan fingerprint density at radius 1 is 1.57 bits per heavy atom. The number of benzene rings is 1. The zero-order chi connectivity index (χ0) is 10.1. The van der Waals surface area contributed by atoms with Gasteiger partial charge in [-0.05, 0) is 18.1 Å². The molecule has 1 aliphatic heterocycles. The molecule has 0 radical (unpaired) electrons. The Labute approximate surface area is 87.6 Å². The number of thiocarbonyl (C=S) groups is 1. The Balaban J connectivity index is 2.47. The number of para-hydroxylation sites is 1. The highest BCUT2D eigenvalue weighted by Gasteiger charge is 2.27. The molecule has 1 unspecified atom stereocenters. The number of rotatable bonds is 2. The molecule has 72 valence electrons. The second-order valence-corrected chi connectivity index (χ2v) is 3.71. The van der Waals surface area contributed by atoms with Crippen molar-refractivity contribution in [2.45, 2.75) is 12.3 Å². The summed E-state index contributed by atoms with van der Waals surface area (Å²) >= 11 is 5.15. The molecule has 1 aromatic carbocycles. The average molecular weight is 207 g/mol. The summed E-state index contributed by atoms with van der Waals surface area (Å²) in [6.07, 6.45) is 2.56. The monoisotopic (exact) mass is 207 g/mol. The summed E-state index contributed by atoms with van der Waals surface area (Å²) in [7, 11) is 0. The molecule has 1 atom stereocenters. The van der Waals surface area contributed by atoms with Gasteiger partial charge in [0.15, 0.2) is 0 Å². The van der Waals surface area contributed by atoms with E-state index in [4.69, 9.17) is 12.2 Å². The highest BCUT2D eigenvalue weighted by Crippen LogP contribution is 2.36. The molecule has 0 fully saturated rings. The largest absolute Gasteiger partial charge is 0.347 e. The summed E-state index contributed by atoms with van der Waals surface area (Å²) in [5.41, 5.74) is 1.47. The molecule has 1 aliphatic rings. The zero-order valence-electron chi connectivity index (χ0n) is 7.59. The minimum Gasteiger partial charge on any atom is -0.347 e. The van der Waals surface area contributed by atoms with Crippen molar-refractivity contribution in [1.82, 2.24) is 0 Å². The van der Waals surface area contributed by atoms with Crippen molar-refractivity contribution >= 4 is 22.9 Å². The minimum atomic E-state index is -0.239. The molecule has 0 saturated carbocycles. The number of halogens is 1. The lowest BCUT2D eigenvalue weighted by Gasteiger charge is -2.06. The van der Waals surface area contributed by atoms with Crippen LogP contribution in [-0.2, 0) is 0 Å². The molecular weight excluding hydrogens is 197 g/mol. The van der Waals surface area contributed by atoms with Crippen LogP contribution in [0, 0.1) is 5.82 Å². The number of nitrogens with one attached hydrogen (secondary N) is 1. The molecule has 0 aliphatic carbocycles. The Kier molecular flexibility index (Phi) is 2.33. The van der Waals surface area contributed by atoms with Gasteiger partial charge >= 0.3 is 0 Å². The van der Waals surface area contributed by atoms with E-state index in [0.29, 0.717) is 10.7 Å². The van der Waals surface area contributed by atoms with Crippen LogP contribution in [0.25, 0.3) is 0 Å². The first-order valence-corrected chi connectivity index (χ1v) is 4.85. The Morgan fingerprint density at radius 2 is 2.36 bits per heavy atom. The fourth-order valence-corrected chi connectivity index (χ4v) is 2.04. The van der Waals surface area contributed by atoms with Crippen molar-refractivity contribution in [2.75, 3.05) is 5.32 Å². The third-order valence-electron chi connectivity index (χ3n) is 2.39. The zero-order valence-corrected chi connectivity index (χ0v) is 8.40. The van der Waals surface area contributed by atoms with Crippen LogP contribution in [0.15, 0.2) is 30.9 Å². The van der Waals surface area contributed by atoms with Gasteiger partial charge in [0.25, 0.3) is 0 Å². The fraction of sp³-hybridized carbons (Fsp3) is 0.182. The lowest BCUT2D eigenvalue weighted by atomic mass is 9.98. The van der Waals surface area contributed by atoms with E-state index in [1.54, 1.807) is 12.1 Å². The normalized spacial score (nSPS) is 18.9. The smallest absolute Gasteiger partial charge is 0.146 e. The molecule has 0 bridgehead atoms. The number of hydrogen-bond acceptors (Lipinski definition) is 1. The first-order valence-electron chi connectivity index (χ1n) is 4.44. The number of hydrogen-bond donors (Lipinski definition) is 1. The van der Waals surface area contributed by atoms with Crippen LogP contribution < -0.4 is 5.32 Å². The highest BCUT2D eigenvalue weighted by atomic mass is 32.1. The third-order valence-corrected chi connectivity index (χ3v) is 2.77. The molecule has 1 N–H and O–H groups in total. The second-order valence-electron chi connectivity index (χ2n) is 3.27. The molecule has 0 spiro atoms.